The molecular weight excluding hydrogens is 330 g/mol. The van der Waals surface area contributed by atoms with Gasteiger partial charge >= 0.3 is 5.76 Å². The Morgan fingerprint density at radius 3 is 2.71 bits per heavy atom. The molecule has 3 aromatic rings. The van der Waals surface area contributed by atoms with Crippen LogP contribution >= 0.6 is 11.3 Å². The summed E-state index contributed by atoms with van der Waals surface area (Å²) in [4.78, 5) is 39.7. The fourth-order valence-electron chi connectivity index (χ4n) is 2.68. The van der Waals surface area contributed by atoms with E-state index in [4.69, 9.17) is 4.42 Å². The van der Waals surface area contributed by atoms with Crippen LogP contribution < -0.4 is 5.76 Å². The third-order valence-electron chi connectivity index (χ3n) is 3.70. The number of rotatable bonds is 5. The Balaban J connectivity index is 1.90. The van der Waals surface area contributed by atoms with Crippen LogP contribution in [0.1, 0.15) is 39.0 Å². The number of ketones is 2. The smallest absolute Gasteiger partial charge is 0.387 e. The van der Waals surface area contributed by atoms with Crippen molar-refractivity contribution in [2.45, 2.75) is 27.3 Å². The zero-order valence-electron chi connectivity index (χ0n) is 13.4. The van der Waals surface area contributed by atoms with E-state index in [9.17, 15) is 14.4 Å². The SMILES string of the molecule is CC(=O)c1c(C)[nH]c(C(=O)Cn2nc(-c3cccs3)oc2=O)c1C. The zero-order valence-corrected chi connectivity index (χ0v) is 14.2. The summed E-state index contributed by atoms with van der Waals surface area (Å²) >= 11 is 1.39. The molecule has 0 bridgehead atoms. The Morgan fingerprint density at radius 1 is 1.38 bits per heavy atom. The molecule has 0 aromatic carbocycles. The molecule has 0 saturated heterocycles. The van der Waals surface area contributed by atoms with E-state index in [1.807, 2.05) is 11.4 Å². The number of H-pyrrole nitrogens is 1. The highest BCUT2D eigenvalue weighted by Gasteiger charge is 2.21. The van der Waals surface area contributed by atoms with Crippen molar-refractivity contribution < 1.29 is 14.0 Å². The lowest BCUT2D eigenvalue weighted by Gasteiger charge is -1.99. The minimum Gasteiger partial charge on any atom is -0.387 e. The van der Waals surface area contributed by atoms with E-state index in [0.29, 0.717) is 27.4 Å². The van der Waals surface area contributed by atoms with E-state index in [1.165, 1.54) is 18.3 Å². The topological polar surface area (TPSA) is 98.0 Å². The third kappa shape index (κ3) is 2.76. The van der Waals surface area contributed by atoms with Crippen LogP contribution in [0.5, 0.6) is 0 Å². The summed E-state index contributed by atoms with van der Waals surface area (Å²) in [6.07, 6.45) is 0. The summed E-state index contributed by atoms with van der Waals surface area (Å²) in [5.41, 5.74) is 2.03. The Kier molecular flexibility index (Phi) is 4.06. The van der Waals surface area contributed by atoms with Crippen LogP contribution in [0.25, 0.3) is 10.8 Å². The van der Waals surface area contributed by atoms with Gasteiger partial charge in [-0.2, -0.15) is 4.68 Å². The average Bonchev–Trinajstić information content (AvgIpc) is 3.20. The number of nitrogens with one attached hydrogen (secondary N) is 1. The Bertz CT molecular complexity index is 976. The lowest BCUT2D eigenvalue weighted by molar-refractivity contribution is 0.0959. The quantitative estimate of drug-likeness (QED) is 0.717. The van der Waals surface area contributed by atoms with Crippen molar-refractivity contribution in [2.75, 3.05) is 0 Å². The molecule has 3 heterocycles. The van der Waals surface area contributed by atoms with Crippen molar-refractivity contribution in [2.24, 2.45) is 0 Å². The molecule has 124 valence electrons. The molecule has 0 saturated carbocycles. The van der Waals surface area contributed by atoms with Gasteiger partial charge in [-0.25, -0.2) is 4.79 Å². The van der Waals surface area contributed by atoms with Gasteiger partial charge in [0.05, 0.1) is 10.6 Å². The van der Waals surface area contributed by atoms with Gasteiger partial charge in [-0.1, -0.05) is 6.07 Å². The van der Waals surface area contributed by atoms with Crippen LogP contribution in [-0.2, 0) is 6.54 Å². The molecule has 0 aliphatic rings. The summed E-state index contributed by atoms with van der Waals surface area (Å²) in [6.45, 7) is 4.63. The van der Waals surface area contributed by atoms with Crippen LogP contribution in [0, 0.1) is 13.8 Å². The average molecular weight is 345 g/mol. The van der Waals surface area contributed by atoms with Gasteiger partial charge in [-0.3, -0.25) is 9.59 Å². The number of aromatic nitrogens is 3. The molecule has 0 aliphatic heterocycles. The largest absolute Gasteiger partial charge is 0.437 e. The highest BCUT2D eigenvalue weighted by Crippen LogP contribution is 2.22. The van der Waals surface area contributed by atoms with Crippen molar-refractivity contribution >= 4 is 22.9 Å². The minimum atomic E-state index is -0.695. The van der Waals surface area contributed by atoms with Crippen molar-refractivity contribution in [3.05, 3.63) is 50.6 Å². The number of carbonyl (C=O) groups excluding carboxylic acids is 2. The molecule has 0 amide bonds. The van der Waals surface area contributed by atoms with Gasteiger partial charge in [0.2, 0.25) is 5.78 Å². The highest BCUT2D eigenvalue weighted by molar-refractivity contribution is 7.13. The van der Waals surface area contributed by atoms with Gasteiger partial charge in [-0.05, 0) is 37.8 Å². The van der Waals surface area contributed by atoms with E-state index in [-0.39, 0.29) is 24.0 Å². The maximum atomic E-state index is 12.5. The summed E-state index contributed by atoms with van der Waals surface area (Å²) in [6, 6.07) is 3.60. The first-order valence-electron chi connectivity index (χ1n) is 7.23. The van der Waals surface area contributed by atoms with Gasteiger partial charge < -0.3 is 9.40 Å². The molecule has 7 nitrogen and oxygen atoms in total. The Hall–Kier alpha value is -2.74. The van der Waals surface area contributed by atoms with Gasteiger partial charge in [0, 0.05) is 11.3 Å². The second kappa shape index (κ2) is 6.04. The number of nitrogens with zero attached hydrogens (tertiary/aromatic N) is 2. The Morgan fingerprint density at radius 2 is 2.12 bits per heavy atom. The van der Waals surface area contributed by atoms with Crippen LogP contribution in [0.15, 0.2) is 26.7 Å². The molecule has 8 heteroatoms. The molecule has 0 unspecified atom stereocenters. The van der Waals surface area contributed by atoms with Crippen LogP contribution in [0.2, 0.25) is 0 Å². The van der Waals surface area contributed by atoms with Crippen molar-refractivity contribution in [3.63, 3.8) is 0 Å². The monoisotopic (exact) mass is 345 g/mol. The first-order valence-corrected chi connectivity index (χ1v) is 8.11. The molecule has 0 fully saturated rings. The van der Waals surface area contributed by atoms with Gasteiger partial charge in [0.15, 0.2) is 5.78 Å². The minimum absolute atomic E-state index is 0.112. The molecule has 24 heavy (non-hydrogen) atoms. The number of aryl methyl sites for hydroxylation is 1. The molecule has 0 aliphatic carbocycles. The summed E-state index contributed by atoms with van der Waals surface area (Å²) in [7, 11) is 0. The maximum Gasteiger partial charge on any atom is 0.437 e. The zero-order chi connectivity index (χ0) is 17.4. The number of carbonyl (C=O) groups is 2. The van der Waals surface area contributed by atoms with E-state index in [2.05, 4.69) is 10.1 Å². The van der Waals surface area contributed by atoms with E-state index in [1.54, 1.807) is 19.9 Å². The second-order valence-electron chi connectivity index (χ2n) is 5.41. The first kappa shape index (κ1) is 16.1. The lowest BCUT2D eigenvalue weighted by Crippen LogP contribution is -2.22. The third-order valence-corrected chi connectivity index (χ3v) is 4.56. The predicted molar refractivity (Wildman–Crippen MR) is 88.7 cm³/mol. The van der Waals surface area contributed by atoms with Crippen LogP contribution in [0.3, 0.4) is 0 Å². The molecule has 1 N–H and O–H groups in total. The number of Topliss-reactive ketones (excluding diaryl/α,β-unsaturated/α-hetero) is 2. The molecule has 3 rings (SSSR count). The fourth-order valence-corrected chi connectivity index (χ4v) is 3.32. The molecule has 3 aromatic heterocycles. The summed E-state index contributed by atoms with van der Waals surface area (Å²) < 4.78 is 6.07. The fraction of sp³-hybridized carbons (Fsp3) is 0.250. The standard InChI is InChI=1S/C16H15N3O4S/c1-8-13(10(3)20)9(2)17-14(8)11(21)7-19-16(22)23-15(18-19)12-5-4-6-24-12/h4-6,17H,7H2,1-3H3. The maximum absolute atomic E-state index is 12.5. The normalized spacial score (nSPS) is 11.0. The highest BCUT2D eigenvalue weighted by atomic mass is 32.1. The number of hydrogen-bond donors (Lipinski definition) is 1. The predicted octanol–water partition coefficient (Wildman–Crippen LogP) is 2.60. The molecule has 0 radical (unpaired) electrons. The van der Waals surface area contributed by atoms with Gasteiger partial charge in [0.1, 0.15) is 6.54 Å². The number of hydrogen-bond acceptors (Lipinski definition) is 6. The van der Waals surface area contributed by atoms with E-state index < -0.39 is 5.76 Å². The summed E-state index contributed by atoms with van der Waals surface area (Å²) in [5.74, 6) is -0.957. The van der Waals surface area contributed by atoms with E-state index >= 15 is 0 Å². The first-order chi connectivity index (χ1) is 11.4. The van der Waals surface area contributed by atoms with Crippen molar-refractivity contribution in [1.29, 1.82) is 0 Å². The van der Waals surface area contributed by atoms with Crippen molar-refractivity contribution in [1.82, 2.24) is 14.8 Å². The van der Waals surface area contributed by atoms with Gasteiger partial charge in [-0.15, -0.1) is 16.4 Å². The van der Waals surface area contributed by atoms with E-state index in [0.717, 1.165) is 4.68 Å². The van der Waals surface area contributed by atoms with Crippen LogP contribution in [-0.4, -0.2) is 26.3 Å². The Labute approximate surface area is 140 Å². The van der Waals surface area contributed by atoms with Gasteiger partial charge in [0.25, 0.3) is 5.89 Å². The summed E-state index contributed by atoms with van der Waals surface area (Å²) in [5, 5.41) is 5.90. The number of aromatic amines is 1. The lowest BCUT2D eigenvalue weighted by atomic mass is 10.1. The van der Waals surface area contributed by atoms with Crippen LogP contribution in [0.4, 0.5) is 0 Å². The molecule has 0 atom stereocenters. The molecule has 0 spiro atoms. The molecular formula is C16H15N3O4S. The second-order valence-corrected chi connectivity index (χ2v) is 6.36. The number of thiophene rings is 1. The van der Waals surface area contributed by atoms with Crippen molar-refractivity contribution in [3.8, 4) is 10.8 Å².